The van der Waals surface area contributed by atoms with Crippen LogP contribution in [0.1, 0.15) is 42.7 Å². The fraction of sp³-hybridized carbons (Fsp3) is 0.207. The van der Waals surface area contributed by atoms with E-state index < -0.39 is 5.92 Å². The Hall–Kier alpha value is -4.26. The van der Waals surface area contributed by atoms with Gasteiger partial charge in [0, 0.05) is 41.1 Å². The zero-order valence-corrected chi connectivity index (χ0v) is 20.0. The number of rotatable bonds is 5. The van der Waals surface area contributed by atoms with Crippen molar-refractivity contribution in [1.82, 2.24) is 10.3 Å². The van der Waals surface area contributed by atoms with Crippen molar-refractivity contribution < 1.29 is 18.7 Å². The maximum absolute atomic E-state index is 13.8. The van der Waals surface area contributed by atoms with Crippen LogP contribution in [0.3, 0.4) is 0 Å². The van der Waals surface area contributed by atoms with Crippen LogP contribution in [0, 0.1) is 5.82 Å². The summed E-state index contributed by atoms with van der Waals surface area (Å²) in [6, 6.07) is 17.2. The summed E-state index contributed by atoms with van der Waals surface area (Å²) in [5, 5.41) is 6.25. The van der Waals surface area contributed by atoms with E-state index in [1.54, 1.807) is 43.8 Å². The number of benzene rings is 2. The highest BCUT2D eigenvalue weighted by Crippen LogP contribution is 2.45. The molecule has 1 aliphatic carbocycles. The zero-order chi connectivity index (χ0) is 25.2. The average Bonchev–Trinajstić information content (AvgIpc) is 2.89. The summed E-state index contributed by atoms with van der Waals surface area (Å²) >= 11 is 0. The Labute approximate surface area is 208 Å². The number of amides is 1. The van der Waals surface area contributed by atoms with E-state index in [-0.39, 0.29) is 23.4 Å². The standard InChI is InChI=1S/C29H26FN3O3/c1-17-26(29(35)33-22-4-3-13-31-16-22)27(19-5-9-21(30)10-6-19)28-24(32-17)14-20(15-25(28)34)18-7-11-23(36-2)12-8-18/h3-13,16,20,27,32H,14-15H2,1-2H3,(H,33,35). The molecule has 0 radical (unpaired) electrons. The van der Waals surface area contributed by atoms with Crippen LogP contribution in [0.4, 0.5) is 10.1 Å². The third kappa shape index (κ3) is 4.52. The Bertz CT molecular complexity index is 1360. The lowest BCUT2D eigenvalue weighted by Gasteiger charge is -2.37. The van der Waals surface area contributed by atoms with Gasteiger partial charge < -0.3 is 15.4 Å². The number of carbonyl (C=O) groups excluding carboxylic acids is 2. The smallest absolute Gasteiger partial charge is 0.254 e. The summed E-state index contributed by atoms with van der Waals surface area (Å²) in [5.74, 6) is -0.587. The van der Waals surface area contributed by atoms with Crippen LogP contribution < -0.4 is 15.4 Å². The molecule has 6 nitrogen and oxygen atoms in total. The molecule has 2 aliphatic rings. The molecule has 2 heterocycles. The fourth-order valence-electron chi connectivity index (χ4n) is 5.08. The van der Waals surface area contributed by atoms with E-state index in [9.17, 15) is 14.0 Å². The third-order valence-corrected chi connectivity index (χ3v) is 6.78. The average molecular weight is 484 g/mol. The predicted molar refractivity (Wildman–Crippen MR) is 135 cm³/mol. The molecule has 0 saturated carbocycles. The van der Waals surface area contributed by atoms with Gasteiger partial charge in [-0.25, -0.2) is 4.39 Å². The van der Waals surface area contributed by atoms with Gasteiger partial charge in [0.15, 0.2) is 5.78 Å². The molecule has 2 N–H and O–H groups in total. The topological polar surface area (TPSA) is 80.3 Å². The van der Waals surface area contributed by atoms with Crippen molar-refractivity contribution in [2.24, 2.45) is 0 Å². The molecule has 3 aromatic rings. The molecular weight excluding hydrogens is 457 g/mol. The molecule has 1 aromatic heterocycles. The number of ether oxygens (including phenoxy) is 1. The summed E-state index contributed by atoms with van der Waals surface area (Å²) in [7, 11) is 1.62. The van der Waals surface area contributed by atoms with Crippen LogP contribution in [-0.2, 0) is 9.59 Å². The zero-order valence-electron chi connectivity index (χ0n) is 20.0. The number of aromatic nitrogens is 1. The van der Waals surface area contributed by atoms with Crippen molar-refractivity contribution >= 4 is 17.4 Å². The second kappa shape index (κ2) is 9.77. The second-order valence-corrected chi connectivity index (χ2v) is 9.04. The summed E-state index contributed by atoms with van der Waals surface area (Å²) in [6.45, 7) is 1.83. The summed E-state index contributed by atoms with van der Waals surface area (Å²) in [6.07, 6.45) is 4.13. The van der Waals surface area contributed by atoms with Crippen molar-refractivity contribution in [2.45, 2.75) is 31.6 Å². The van der Waals surface area contributed by atoms with Gasteiger partial charge in [0.2, 0.25) is 0 Å². The minimum absolute atomic E-state index is 0.00194. The van der Waals surface area contributed by atoms with Crippen molar-refractivity contribution in [1.29, 1.82) is 0 Å². The quantitative estimate of drug-likeness (QED) is 0.520. The van der Waals surface area contributed by atoms with E-state index in [0.29, 0.717) is 40.9 Å². The molecule has 0 spiro atoms. The third-order valence-electron chi connectivity index (χ3n) is 6.78. The lowest BCUT2D eigenvalue weighted by Crippen LogP contribution is -2.37. The van der Waals surface area contributed by atoms with Gasteiger partial charge in [-0.1, -0.05) is 24.3 Å². The van der Waals surface area contributed by atoms with Gasteiger partial charge in [-0.15, -0.1) is 0 Å². The van der Waals surface area contributed by atoms with Crippen LogP contribution >= 0.6 is 0 Å². The maximum Gasteiger partial charge on any atom is 0.254 e. The van der Waals surface area contributed by atoms with Gasteiger partial charge in [0.05, 0.1) is 19.0 Å². The highest BCUT2D eigenvalue weighted by molar-refractivity contribution is 6.09. The number of Topliss-reactive ketones (excluding diaryl/α,β-unsaturated/α-hetero) is 1. The highest BCUT2D eigenvalue weighted by atomic mass is 19.1. The molecule has 2 aromatic carbocycles. The second-order valence-electron chi connectivity index (χ2n) is 9.04. The van der Waals surface area contributed by atoms with Crippen molar-refractivity contribution in [3.05, 3.63) is 113 Å². The molecule has 1 aliphatic heterocycles. The number of ketones is 1. The van der Waals surface area contributed by atoms with Crippen molar-refractivity contribution in [3.8, 4) is 5.75 Å². The molecule has 2 atom stereocenters. The van der Waals surface area contributed by atoms with Crippen LogP contribution in [0.5, 0.6) is 5.75 Å². The lowest BCUT2D eigenvalue weighted by atomic mass is 9.71. The summed E-state index contributed by atoms with van der Waals surface area (Å²) in [4.78, 5) is 31.2. The number of nitrogens with zero attached hydrogens (tertiary/aromatic N) is 1. The maximum atomic E-state index is 13.8. The minimum Gasteiger partial charge on any atom is -0.497 e. The molecule has 0 saturated heterocycles. The van der Waals surface area contributed by atoms with Gasteiger partial charge in [0.1, 0.15) is 11.6 Å². The first-order valence-corrected chi connectivity index (χ1v) is 11.8. The Kier molecular flexibility index (Phi) is 6.38. The minimum atomic E-state index is -0.608. The van der Waals surface area contributed by atoms with E-state index in [1.165, 1.54) is 12.1 Å². The predicted octanol–water partition coefficient (Wildman–Crippen LogP) is 5.23. The molecule has 5 rings (SSSR count). The van der Waals surface area contributed by atoms with Gasteiger partial charge in [-0.05, 0) is 66.8 Å². The first-order chi connectivity index (χ1) is 17.4. The molecule has 36 heavy (non-hydrogen) atoms. The van der Waals surface area contributed by atoms with Crippen molar-refractivity contribution in [3.63, 3.8) is 0 Å². The van der Waals surface area contributed by atoms with Crippen molar-refractivity contribution in [2.75, 3.05) is 12.4 Å². The number of carbonyl (C=O) groups is 2. The van der Waals surface area contributed by atoms with E-state index in [2.05, 4.69) is 15.6 Å². The first-order valence-electron chi connectivity index (χ1n) is 11.8. The van der Waals surface area contributed by atoms with Crippen LogP contribution in [0.15, 0.2) is 95.6 Å². The number of hydrogen-bond acceptors (Lipinski definition) is 5. The largest absolute Gasteiger partial charge is 0.497 e. The SMILES string of the molecule is COc1ccc(C2CC(=O)C3=C(C2)NC(C)=C(C(=O)Nc2cccnc2)C3c2ccc(F)cc2)cc1. The van der Waals surface area contributed by atoms with Crippen LogP contribution in [0.2, 0.25) is 0 Å². The number of methoxy groups -OCH3 is 1. The summed E-state index contributed by atoms with van der Waals surface area (Å²) < 4.78 is 19.0. The van der Waals surface area contributed by atoms with Gasteiger partial charge in [-0.3, -0.25) is 14.6 Å². The fourth-order valence-corrected chi connectivity index (χ4v) is 5.08. The lowest BCUT2D eigenvalue weighted by molar-refractivity contribution is -0.116. The summed E-state index contributed by atoms with van der Waals surface area (Å²) in [5.41, 5.74) is 4.75. The number of anilines is 1. The number of hydrogen-bond donors (Lipinski definition) is 2. The number of pyridine rings is 1. The number of dihydropyridines is 1. The molecule has 2 unspecified atom stereocenters. The van der Waals surface area contributed by atoms with Crippen LogP contribution in [0.25, 0.3) is 0 Å². The van der Waals surface area contributed by atoms with E-state index in [4.69, 9.17) is 4.74 Å². The molecule has 1 amide bonds. The molecule has 0 fully saturated rings. The van der Waals surface area contributed by atoms with Crippen LogP contribution in [-0.4, -0.2) is 23.8 Å². The molecular formula is C29H26FN3O3. The van der Waals surface area contributed by atoms with Gasteiger partial charge in [0.25, 0.3) is 5.91 Å². The Morgan fingerprint density at radius 3 is 2.44 bits per heavy atom. The highest BCUT2D eigenvalue weighted by Gasteiger charge is 2.40. The normalized spacial score (nSPS) is 19.5. The van der Waals surface area contributed by atoms with E-state index in [1.807, 2.05) is 31.2 Å². The molecule has 182 valence electrons. The Morgan fingerprint density at radius 1 is 1.06 bits per heavy atom. The van der Waals surface area contributed by atoms with Gasteiger partial charge in [-0.2, -0.15) is 0 Å². The van der Waals surface area contributed by atoms with E-state index in [0.717, 1.165) is 17.0 Å². The number of halogens is 1. The van der Waals surface area contributed by atoms with E-state index >= 15 is 0 Å². The monoisotopic (exact) mass is 483 g/mol. The number of allylic oxidation sites excluding steroid dienone is 3. The number of nitrogens with one attached hydrogen (secondary N) is 2. The Morgan fingerprint density at radius 2 is 1.78 bits per heavy atom. The Balaban J connectivity index is 1.54. The first kappa shape index (κ1) is 23.5. The molecule has 0 bridgehead atoms. The molecule has 7 heteroatoms. The van der Waals surface area contributed by atoms with Gasteiger partial charge >= 0.3 is 0 Å².